The van der Waals surface area contributed by atoms with Crippen molar-refractivity contribution in [3.8, 4) is 6.07 Å². The number of ether oxygens (including phenoxy) is 1. The Hall–Kier alpha value is -1.35. The molecule has 1 unspecified atom stereocenters. The highest BCUT2D eigenvalue weighted by Gasteiger charge is 2.14. The summed E-state index contributed by atoms with van der Waals surface area (Å²) in [7, 11) is 0. The fourth-order valence-electron chi connectivity index (χ4n) is 1.61. The van der Waals surface area contributed by atoms with Crippen molar-refractivity contribution in [1.29, 1.82) is 5.26 Å². The number of aromatic nitrogens is 1. The van der Waals surface area contributed by atoms with Gasteiger partial charge in [0.1, 0.15) is 16.9 Å². The highest BCUT2D eigenvalue weighted by molar-refractivity contribution is 6.34. The van der Waals surface area contributed by atoms with E-state index in [0.717, 1.165) is 13.1 Å². The third-order valence-electron chi connectivity index (χ3n) is 2.51. The van der Waals surface area contributed by atoms with Crippen LogP contribution < -0.4 is 10.6 Å². The monoisotopic (exact) mass is 252 g/mol. The van der Waals surface area contributed by atoms with Crippen LogP contribution in [-0.2, 0) is 4.74 Å². The van der Waals surface area contributed by atoms with Crippen molar-refractivity contribution in [3.05, 3.63) is 22.8 Å². The molecule has 0 radical (unpaired) electrons. The maximum absolute atomic E-state index is 8.84. The lowest BCUT2D eigenvalue weighted by molar-refractivity contribution is 0.0372. The van der Waals surface area contributed by atoms with Gasteiger partial charge in [-0.25, -0.2) is 4.98 Å². The standard InChI is InChI=1S/C11H13ClN4O/c12-10-8(5-13)1-2-15-11(10)16-7-9-6-14-3-4-17-9/h1-2,9,14H,3-4,6-7H2,(H,15,16). The number of pyridine rings is 1. The van der Waals surface area contributed by atoms with E-state index in [1.165, 1.54) is 0 Å². The van der Waals surface area contributed by atoms with Crippen molar-refractivity contribution in [2.24, 2.45) is 0 Å². The summed E-state index contributed by atoms with van der Waals surface area (Å²) in [5.41, 5.74) is 0.423. The average molecular weight is 253 g/mol. The summed E-state index contributed by atoms with van der Waals surface area (Å²) in [4.78, 5) is 4.10. The number of nitrogens with one attached hydrogen (secondary N) is 2. The van der Waals surface area contributed by atoms with Crippen molar-refractivity contribution in [2.45, 2.75) is 6.10 Å². The van der Waals surface area contributed by atoms with E-state index in [1.807, 2.05) is 6.07 Å². The van der Waals surface area contributed by atoms with Gasteiger partial charge >= 0.3 is 0 Å². The number of hydrogen-bond acceptors (Lipinski definition) is 5. The molecule has 17 heavy (non-hydrogen) atoms. The highest BCUT2D eigenvalue weighted by Crippen LogP contribution is 2.22. The molecule has 1 aliphatic rings. The molecule has 0 aliphatic carbocycles. The van der Waals surface area contributed by atoms with Gasteiger partial charge in [0.2, 0.25) is 0 Å². The van der Waals surface area contributed by atoms with E-state index in [1.54, 1.807) is 12.3 Å². The second-order valence-corrected chi connectivity index (χ2v) is 4.09. The quantitative estimate of drug-likeness (QED) is 0.840. The lowest BCUT2D eigenvalue weighted by atomic mass is 10.2. The van der Waals surface area contributed by atoms with Gasteiger partial charge in [-0.05, 0) is 6.07 Å². The minimum Gasteiger partial charge on any atom is -0.374 e. The van der Waals surface area contributed by atoms with E-state index >= 15 is 0 Å². The predicted octanol–water partition coefficient (Wildman–Crippen LogP) is 1.01. The van der Waals surface area contributed by atoms with Crippen LogP contribution in [0.15, 0.2) is 12.3 Å². The van der Waals surface area contributed by atoms with Crippen molar-refractivity contribution in [3.63, 3.8) is 0 Å². The topological polar surface area (TPSA) is 70.0 Å². The first-order valence-electron chi connectivity index (χ1n) is 5.42. The summed E-state index contributed by atoms with van der Waals surface area (Å²) < 4.78 is 5.54. The van der Waals surface area contributed by atoms with Gasteiger partial charge in [-0.2, -0.15) is 5.26 Å². The van der Waals surface area contributed by atoms with Gasteiger partial charge in [0.25, 0.3) is 0 Å². The first-order valence-corrected chi connectivity index (χ1v) is 5.80. The van der Waals surface area contributed by atoms with Crippen molar-refractivity contribution >= 4 is 17.4 Å². The summed E-state index contributed by atoms with van der Waals surface area (Å²) in [5.74, 6) is 0.528. The fraction of sp³-hybridized carbons (Fsp3) is 0.455. The Bertz CT molecular complexity index is 426. The number of nitrogens with zero attached hydrogens (tertiary/aromatic N) is 2. The molecule has 2 heterocycles. The second kappa shape index (κ2) is 5.82. The third-order valence-corrected chi connectivity index (χ3v) is 2.89. The Labute approximate surface area is 105 Å². The van der Waals surface area contributed by atoms with E-state index in [0.29, 0.717) is 29.6 Å². The Kier molecular flexibility index (Phi) is 4.15. The van der Waals surface area contributed by atoms with Gasteiger partial charge in [-0.1, -0.05) is 11.6 Å². The zero-order valence-electron chi connectivity index (χ0n) is 9.24. The molecule has 1 aliphatic heterocycles. The van der Waals surface area contributed by atoms with Crippen molar-refractivity contribution in [1.82, 2.24) is 10.3 Å². The zero-order chi connectivity index (χ0) is 12.1. The number of anilines is 1. The van der Waals surface area contributed by atoms with Crippen LogP contribution >= 0.6 is 11.6 Å². The maximum atomic E-state index is 8.84. The molecule has 1 atom stereocenters. The largest absolute Gasteiger partial charge is 0.374 e. The van der Waals surface area contributed by atoms with Gasteiger partial charge in [-0.15, -0.1) is 0 Å². The molecule has 2 rings (SSSR count). The summed E-state index contributed by atoms with van der Waals surface area (Å²) in [6, 6.07) is 3.61. The normalized spacial score (nSPS) is 19.6. The van der Waals surface area contributed by atoms with E-state index in [4.69, 9.17) is 21.6 Å². The Morgan fingerprint density at radius 3 is 3.29 bits per heavy atom. The SMILES string of the molecule is N#Cc1ccnc(NCC2CNCCO2)c1Cl. The molecule has 0 bridgehead atoms. The third kappa shape index (κ3) is 3.07. The van der Waals surface area contributed by atoms with Crippen LogP contribution in [0.4, 0.5) is 5.82 Å². The molecule has 0 saturated carbocycles. The number of halogens is 1. The Balaban J connectivity index is 1.96. The van der Waals surface area contributed by atoms with Crippen LogP contribution in [0.2, 0.25) is 5.02 Å². The van der Waals surface area contributed by atoms with E-state index in [9.17, 15) is 0 Å². The number of rotatable bonds is 3. The molecule has 5 nitrogen and oxygen atoms in total. The first-order chi connectivity index (χ1) is 8.31. The van der Waals surface area contributed by atoms with E-state index in [-0.39, 0.29) is 6.10 Å². The summed E-state index contributed by atoms with van der Waals surface area (Å²) in [6.07, 6.45) is 1.67. The van der Waals surface area contributed by atoms with Gasteiger partial charge in [-0.3, -0.25) is 0 Å². The summed E-state index contributed by atoms with van der Waals surface area (Å²) in [5, 5.41) is 15.5. The molecule has 1 fully saturated rings. The van der Waals surface area contributed by atoms with Gasteiger partial charge in [0, 0.05) is 25.8 Å². The van der Waals surface area contributed by atoms with Crippen LogP contribution in [-0.4, -0.2) is 37.3 Å². The molecule has 0 aromatic carbocycles. The summed E-state index contributed by atoms with van der Waals surface area (Å²) >= 11 is 6.02. The maximum Gasteiger partial charge on any atom is 0.146 e. The Morgan fingerprint density at radius 1 is 1.71 bits per heavy atom. The Morgan fingerprint density at radius 2 is 2.59 bits per heavy atom. The minimum atomic E-state index is 0.104. The number of nitriles is 1. The molecule has 90 valence electrons. The molecule has 1 saturated heterocycles. The van der Waals surface area contributed by atoms with Crippen LogP contribution in [0.1, 0.15) is 5.56 Å². The van der Waals surface area contributed by atoms with Crippen LogP contribution in [0, 0.1) is 11.3 Å². The molecule has 1 aromatic rings. The highest BCUT2D eigenvalue weighted by atomic mass is 35.5. The van der Waals surface area contributed by atoms with Crippen LogP contribution in [0.3, 0.4) is 0 Å². The molecular formula is C11H13ClN4O. The second-order valence-electron chi connectivity index (χ2n) is 3.71. The van der Waals surface area contributed by atoms with Gasteiger partial charge in [0.15, 0.2) is 0 Å². The molecular weight excluding hydrogens is 240 g/mol. The molecule has 0 spiro atoms. The van der Waals surface area contributed by atoms with E-state index in [2.05, 4.69) is 15.6 Å². The summed E-state index contributed by atoms with van der Waals surface area (Å²) in [6.45, 7) is 3.03. The van der Waals surface area contributed by atoms with Gasteiger partial charge < -0.3 is 15.4 Å². The number of morpholine rings is 1. The fourth-order valence-corrected chi connectivity index (χ4v) is 1.84. The molecule has 2 N–H and O–H groups in total. The smallest absolute Gasteiger partial charge is 0.146 e. The molecule has 0 amide bonds. The zero-order valence-corrected chi connectivity index (χ0v) is 10.00. The van der Waals surface area contributed by atoms with Gasteiger partial charge in [0.05, 0.1) is 18.3 Å². The van der Waals surface area contributed by atoms with Crippen molar-refractivity contribution < 1.29 is 4.74 Å². The minimum absolute atomic E-state index is 0.104. The lowest BCUT2D eigenvalue weighted by Gasteiger charge is -2.24. The average Bonchev–Trinajstić information content (AvgIpc) is 2.39. The first kappa shape index (κ1) is 12.1. The van der Waals surface area contributed by atoms with E-state index < -0.39 is 0 Å². The predicted molar refractivity (Wildman–Crippen MR) is 65.1 cm³/mol. The number of hydrogen-bond donors (Lipinski definition) is 2. The van der Waals surface area contributed by atoms with Crippen LogP contribution in [0.5, 0.6) is 0 Å². The lowest BCUT2D eigenvalue weighted by Crippen LogP contribution is -2.42. The molecule has 6 heteroatoms. The molecule has 1 aromatic heterocycles. The van der Waals surface area contributed by atoms with Crippen molar-refractivity contribution in [2.75, 3.05) is 31.6 Å². The van der Waals surface area contributed by atoms with Crippen LogP contribution in [0.25, 0.3) is 0 Å².